The van der Waals surface area contributed by atoms with Gasteiger partial charge < -0.3 is 10.3 Å². The van der Waals surface area contributed by atoms with Gasteiger partial charge in [0.25, 0.3) is 10.0 Å². The highest BCUT2D eigenvalue weighted by molar-refractivity contribution is 7.89. The molecule has 0 spiro atoms. The molecule has 0 radical (unpaired) electrons. The summed E-state index contributed by atoms with van der Waals surface area (Å²) in [5, 5.41) is 0.0304. The van der Waals surface area contributed by atoms with Gasteiger partial charge in [-0.3, -0.25) is 0 Å². The number of rotatable bonds is 4. The second-order valence-corrected chi connectivity index (χ2v) is 5.16. The van der Waals surface area contributed by atoms with Gasteiger partial charge in [-0.05, 0) is 13.8 Å². The minimum Gasteiger partial charge on any atom is -0.337 e. The number of sulfonamides is 1. The first-order valence-electron chi connectivity index (χ1n) is 4.59. The van der Waals surface area contributed by atoms with Crippen LogP contribution in [0.3, 0.4) is 0 Å². The van der Waals surface area contributed by atoms with Gasteiger partial charge >= 0.3 is 0 Å². The molecule has 1 atom stereocenters. The third-order valence-corrected chi connectivity index (χ3v) is 3.53. The number of imidazole rings is 1. The van der Waals surface area contributed by atoms with Gasteiger partial charge in [-0.15, -0.1) is 0 Å². The van der Waals surface area contributed by atoms with Gasteiger partial charge in [0.05, 0.1) is 0 Å². The Morgan fingerprint density at radius 2 is 2.27 bits per heavy atom. The van der Waals surface area contributed by atoms with Crippen molar-refractivity contribution in [3.05, 3.63) is 12.0 Å². The van der Waals surface area contributed by atoms with E-state index in [2.05, 4.69) is 9.71 Å². The van der Waals surface area contributed by atoms with Gasteiger partial charge in [0, 0.05) is 25.8 Å². The van der Waals surface area contributed by atoms with Gasteiger partial charge in [-0.25, -0.2) is 18.1 Å². The van der Waals surface area contributed by atoms with E-state index in [0.717, 1.165) is 0 Å². The summed E-state index contributed by atoms with van der Waals surface area (Å²) >= 11 is 0. The molecule has 0 amide bonds. The maximum atomic E-state index is 11.7. The first-order valence-corrected chi connectivity index (χ1v) is 6.07. The summed E-state index contributed by atoms with van der Waals surface area (Å²) in [7, 11) is -1.79. The third-order valence-electron chi connectivity index (χ3n) is 2.07. The molecule has 1 aromatic heterocycles. The molecule has 0 saturated carbocycles. The Bertz CT molecular complexity index is 418. The fraction of sp³-hybridized carbons (Fsp3) is 0.625. The Morgan fingerprint density at radius 1 is 1.67 bits per heavy atom. The number of nitrogens with zero attached hydrogens (tertiary/aromatic N) is 2. The van der Waals surface area contributed by atoms with Crippen LogP contribution in [0.2, 0.25) is 0 Å². The molecular formula is C8H16N4O2S. The molecular weight excluding hydrogens is 216 g/mol. The highest BCUT2D eigenvalue weighted by Crippen LogP contribution is 2.07. The van der Waals surface area contributed by atoms with E-state index in [0.29, 0.717) is 5.82 Å². The van der Waals surface area contributed by atoms with Crippen molar-refractivity contribution < 1.29 is 8.42 Å². The van der Waals surface area contributed by atoms with Crippen LogP contribution in [-0.2, 0) is 17.1 Å². The summed E-state index contributed by atoms with van der Waals surface area (Å²) in [5.74, 6) is 0.649. The van der Waals surface area contributed by atoms with Crippen LogP contribution in [0.15, 0.2) is 11.2 Å². The van der Waals surface area contributed by atoms with E-state index in [1.807, 2.05) is 0 Å². The second-order valence-electron chi connectivity index (χ2n) is 3.50. The smallest absolute Gasteiger partial charge is 0.259 e. The largest absolute Gasteiger partial charge is 0.337 e. The maximum Gasteiger partial charge on any atom is 0.259 e. The Labute approximate surface area is 89.5 Å². The van der Waals surface area contributed by atoms with Crippen molar-refractivity contribution in [1.82, 2.24) is 14.3 Å². The monoisotopic (exact) mass is 232 g/mol. The van der Waals surface area contributed by atoms with E-state index in [-0.39, 0.29) is 17.6 Å². The van der Waals surface area contributed by atoms with Crippen molar-refractivity contribution in [2.45, 2.75) is 24.9 Å². The molecule has 3 N–H and O–H groups in total. The highest BCUT2D eigenvalue weighted by atomic mass is 32.2. The summed E-state index contributed by atoms with van der Waals surface area (Å²) < 4.78 is 27.5. The zero-order valence-electron chi connectivity index (χ0n) is 9.06. The van der Waals surface area contributed by atoms with Crippen molar-refractivity contribution in [3.8, 4) is 0 Å². The molecule has 0 aromatic carbocycles. The molecule has 1 heterocycles. The molecule has 86 valence electrons. The maximum absolute atomic E-state index is 11.7. The number of aromatic nitrogens is 2. The van der Waals surface area contributed by atoms with Crippen molar-refractivity contribution in [2.24, 2.45) is 12.8 Å². The Kier molecular flexibility index (Phi) is 3.48. The summed E-state index contributed by atoms with van der Waals surface area (Å²) in [6.07, 6.45) is 1.47. The lowest BCUT2D eigenvalue weighted by atomic mass is 10.4. The molecule has 0 aliphatic rings. The van der Waals surface area contributed by atoms with E-state index < -0.39 is 10.0 Å². The standard InChI is InChI=1S/C8H16N4O2S/c1-6(4-9)11-15(13,14)8-5-12(3)7(2)10-8/h5-6,11H,4,9H2,1-3H3/t6-/m1/s1. The summed E-state index contributed by atoms with van der Waals surface area (Å²) in [6, 6.07) is -0.294. The van der Waals surface area contributed by atoms with Crippen LogP contribution >= 0.6 is 0 Å². The fourth-order valence-electron chi connectivity index (χ4n) is 1.03. The Morgan fingerprint density at radius 3 is 2.67 bits per heavy atom. The molecule has 0 fully saturated rings. The van der Waals surface area contributed by atoms with Gasteiger partial charge in [0.2, 0.25) is 0 Å². The van der Waals surface area contributed by atoms with E-state index >= 15 is 0 Å². The van der Waals surface area contributed by atoms with Crippen molar-refractivity contribution in [3.63, 3.8) is 0 Å². The first kappa shape index (κ1) is 12.2. The van der Waals surface area contributed by atoms with Crippen LogP contribution in [-0.4, -0.2) is 30.6 Å². The predicted molar refractivity (Wildman–Crippen MR) is 56.8 cm³/mol. The SMILES string of the molecule is Cc1nc(S(=O)(=O)N[C@H](C)CN)cn1C. The number of nitrogens with two attached hydrogens (primary N) is 1. The lowest BCUT2D eigenvalue weighted by Crippen LogP contribution is -2.37. The lowest BCUT2D eigenvalue weighted by Gasteiger charge is -2.09. The zero-order valence-corrected chi connectivity index (χ0v) is 9.87. The molecule has 0 unspecified atom stereocenters. The van der Waals surface area contributed by atoms with Crippen LogP contribution in [0.5, 0.6) is 0 Å². The Balaban J connectivity index is 2.96. The van der Waals surface area contributed by atoms with Gasteiger partial charge in [-0.2, -0.15) is 0 Å². The van der Waals surface area contributed by atoms with Crippen LogP contribution < -0.4 is 10.5 Å². The van der Waals surface area contributed by atoms with Gasteiger partial charge in [0.15, 0.2) is 5.03 Å². The molecule has 7 heteroatoms. The molecule has 0 aliphatic heterocycles. The van der Waals surface area contributed by atoms with Gasteiger partial charge in [-0.1, -0.05) is 0 Å². The normalized spacial score (nSPS) is 14.1. The lowest BCUT2D eigenvalue weighted by molar-refractivity contribution is 0.559. The molecule has 6 nitrogen and oxygen atoms in total. The van der Waals surface area contributed by atoms with Crippen molar-refractivity contribution >= 4 is 10.0 Å². The Hall–Kier alpha value is -0.920. The molecule has 15 heavy (non-hydrogen) atoms. The van der Waals surface area contributed by atoms with Crippen molar-refractivity contribution in [2.75, 3.05) is 6.54 Å². The second kappa shape index (κ2) is 4.30. The first-order chi connectivity index (χ1) is 6.86. The third kappa shape index (κ3) is 2.77. The summed E-state index contributed by atoms with van der Waals surface area (Å²) in [4.78, 5) is 3.94. The molecule has 1 aromatic rings. The van der Waals surface area contributed by atoms with Crippen LogP contribution in [0.1, 0.15) is 12.7 Å². The predicted octanol–water partition coefficient (Wildman–Crippen LogP) is -0.646. The quantitative estimate of drug-likeness (QED) is 0.722. The van der Waals surface area contributed by atoms with E-state index in [4.69, 9.17) is 5.73 Å². The van der Waals surface area contributed by atoms with E-state index in [1.54, 1.807) is 25.5 Å². The average molecular weight is 232 g/mol. The zero-order chi connectivity index (χ0) is 11.6. The van der Waals surface area contributed by atoms with Crippen molar-refractivity contribution in [1.29, 1.82) is 0 Å². The number of hydrogen-bond acceptors (Lipinski definition) is 4. The van der Waals surface area contributed by atoms with E-state index in [1.165, 1.54) is 6.20 Å². The summed E-state index contributed by atoms with van der Waals surface area (Å²) in [5.41, 5.74) is 5.34. The minimum absolute atomic E-state index is 0.0304. The van der Waals surface area contributed by atoms with E-state index in [9.17, 15) is 8.42 Å². The van der Waals surface area contributed by atoms with Crippen LogP contribution in [0.4, 0.5) is 0 Å². The number of nitrogens with one attached hydrogen (secondary N) is 1. The number of aryl methyl sites for hydroxylation is 2. The molecule has 0 bridgehead atoms. The van der Waals surface area contributed by atoms with Crippen LogP contribution in [0, 0.1) is 6.92 Å². The molecule has 0 aliphatic carbocycles. The molecule has 0 saturated heterocycles. The highest BCUT2D eigenvalue weighted by Gasteiger charge is 2.20. The van der Waals surface area contributed by atoms with Gasteiger partial charge in [0.1, 0.15) is 5.82 Å². The summed E-state index contributed by atoms with van der Waals surface area (Å²) in [6.45, 7) is 3.70. The fourth-order valence-corrected chi connectivity index (χ4v) is 2.32. The minimum atomic E-state index is -3.54. The molecule has 1 rings (SSSR count). The topological polar surface area (TPSA) is 90.0 Å². The van der Waals surface area contributed by atoms with Crippen LogP contribution in [0.25, 0.3) is 0 Å². The number of hydrogen-bond donors (Lipinski definition) is 2. The average Bonchev–Trinajstić information content (AvgIpc) is 2.47.